The summed E-state index contributed by atoms with van der Waals surface area (Å²) in [6, 6.07) is 0. The van der Waals surface area contributed by atoms with E-state index < -0.39 is 0 Å². The zero-order chi connectivity index (χ0) is 10.4. The third-order valence-corrected chi connectivity index (χ3v) is 2.95. The van der Waals surface area contributed by atoms with Crippen molar-refractivity contribution in [1.82, 2.24) is 15.6 Å². The van der Waals surface area contributed by atoms with Gasteiger partial charge < -0.3 is 10.6 Å². The maximum absolute atomic E-state index is 4.39. The second-order valence-corrected chi connectivity index (χ2v) is 4.62. The van der Waals surface area contributed by atoms with Gasteiger partial charge in [0.1, 0.15) is 5.01 Å². The Morgan fingerprint density at radius 3 is 2.86 bits per heavy atom. The zero-order valence-corrected chi connectivity index (χ0v) is 9.95. The fraction of sp³-hybridized carbons (Fsp3) is 0.700. The van der Waals surface area contributed by atoms with E-state index in [1.807, 2.05) is 14.0 Å². The van der Waals surface area contributed by atoms with Gasteiger partial charge in [0.15, 0.2) is 0 Å². The van der Waals surface area contributed by atoms with Gasteiger partial charge in [0.05, 0.1) is 0 Å². The van der Waals surface area contributed by atoms with Gasteiger partial charge in [-0.05, 0) is 33.0 Å². The summed E-state index contributed by atoms with van der Waals surface area (Å²) in [5.41, 5.74) is 1.12. The molecule has 0 amide bonds. The Kier molecular flexibility index (Phi) is 5.07. The van der Waals surface area contributed by atoms with E-state index in [1.54, 1.807) is 11.3 Å². The highest BCUT2D eigenvalue weighted by Crippen LogP contribution is 2.07. The minimum absolute atomic E-state index is 0.668. The molecule has 1 atom stereocenters. The van der Waals surface area contributed by atoms with E-state index in [0.717, 1.165) is 25.3 Å². The van der Waals surface area contributed by atoms with E-state index in [2.05, 4.69) is 27.9 Å². The molecule has 80 valence electrons. The van der Waals surface area contributed by atoms with E-state index in [9.17, 15) is 0 Å². The molecule has 0 fully saturated rings. The molecule has 2 N–H and O–H groups in total. The van der Waals surface area contributed by atoms with Crippen LogP contribution in [0.15, 0.2) is 5.38 Å². The molecule has 0 aliphatic rings. The summed E-state index contributed by atoms with van der Waals surface area (Å²) in [4.78, 5) is 4.39. The Bertz CT molecular complexity index is 260. The molecule has 1 heterocycles. The molecule has 0 aromatic carbocycles. The predicted octanol–water partition coefficient (Wildman–Crippen LogP) is 1.40. The van der Waals surface area contributed by atoms with Crippen molar-refractivity contribution in [3.05, 3.63) is 16.1 Å². The number of nitrogens with one attached hydrogen (secondary N) is 2. The number of hydrogen-bond acceptors (Lipinski definition) is 4. The number of thiazole rings is 1. The van der Waals surface area contributed by atoms with Crippen molar-refractivity contribution in [3.8, 4) is 0 Å². The van der Waals surface area contributed by atoms with Crippen LogP contribution < -0.4 is 10.6 Å². The fourth-order valence-corrected chi connectivity index (χ4v) is 2.07. The molecular formula is C10H19N3S. The molecule has 1 aromatic rings. The van der Waals surface area contributed by atoms with Gasteiger partial charge in [-0.2, -0.15) is 0 Å². The monoisotopic (exact) mass is 213 g/mol. The number of nitrogens with zero attached hydrogens (tertiary/aromatic N) is 1. The lowest BCUT2D eigenvalue weighted by atomic mass is 10.2. The van der Waals surface area contributed by atoms with Crippen molar-refractivity contribution in [3.63, 3.8) is 0 Å². The molecule has 0 aliphatic heterocycles. The van der Waals surface area contributed by atoms with Crippen LogP contribution in [-0.4, -0.2) is 25.1 Å². The third kappa shape index (κ3) is 4.17. The van der Waals surface area contributed by atoms with Gasteiger partial charge in [0.2, 0.25) is 0 Å². The van der Waals surface area contributed by atoms with Gasteiger partial charge >= 0.3 is 0 Å². The van der Waals surface area contributed by atoms with Crippen LogP contribution in [0, 0.1) is 12.8 Å². The Morgan fingerprint density at radius 1 is 1.50 bits per heavy atom. The molecule has 1 rings (SSSR count). The Balaban J connectivity index is 2.15. The average molecular weight is 213 g/mol. The van der Waals surface area contributed by atoms with Crippen LogP contribution >= 0.6 is 11.3 Å². The molecular weight excluding hydrogens is 194 g/mol. The Morgan fingerprint density at radius 2 is 2.29 bits per heavy atom. The van der Waals surface area contributed by atoms with E-state index in [0.29, 0.717) is 5.92 Å². The van der Waals surface area contributed by atoms with E-state index >= 15 is 0 Å². The Labute approximate surface area is 89.9 Å². The van der Waals surface area contributed by atoms with Crippen molar-refractivity contribution in [1.29, 1.82) is 0 Å². The smallest absolute Gasteiger partial charge is 0.107 e. The molecule has 1 unspecified atom stereocenters. The van der Waals surface area contributed by atoms with Crippen molar-refractivity contribution >= 4 is 11.3 Å². The van der Waals surface area contributed by atoms with Gasteiger partial charge in [0.25, 0.3) is 0 Å². The SMILES string of the molecule is CNCC(C)CNCc1nc(C)cs1. The molecule has 0 saturated carbocycles. The number of hydrogen-bond donors (Lipinski definition) is 2. The van der Waals surface area contributed by atoms with Gasteiger partial charge in [-0.3, -0.25) is 0 Å². The second kappa shape index (κ2) is 6.11. The highest BCUT2D eigenvalue weighted by atomic mass is 32.1. The van der Waals surface area contributed by atoms with Crippen LogP contribution in [0.5, 0.6) is 0 Å². The van der Waals surface area contributed by atoms with Crippen molar-refractivity contribution < 1.29 is 0 Å². The second-order valence-electron chi connectivity index (χ2n) is 3.68. The first-order chi connectivity index (χ1) is 6.72. The first kappa shape index (κ1) is 11.6. The zero-order valence-electron chi connectivity index (χ0n) is 9.13. The summed E-state index contributed by atoms with van der Waals surface area (Å²) in [6.07, 6.45) is 0. The van der Waals surface area contributed by atoms with Gasteiger partial charge in [-0.15, -0.1) is 11.3 Å². The number of rotatable bonds is 6. The average Bonchev–Trinajstić information content (AvgIpc) is 2.52. The molecule has 3 nitrogen and oxygen atoms in total. The third-order valence-electron chi connectivity index (χ3n) is 1.99. The molecule has 0 saturated heterocycles. The predicted molar refractivity (Wildman–Crippen MR) is 61.6 cm³/mol. The largest absolute Gasteiger partial charge is 0.319 e. The van der Waals surface area contributed by atoms with Crippen LogP contribution in [0.2, 0.25) is 0 Å². The summed E-state index contributed by atoms with van der Waals surface area (Å²) < 4.78 is 0. The maximum Gasteiger partial charge on any atom is 0.107 e. The molecule has 14 heavy (non-hydrogen) atoms. The number of aromatic nitrogens is 1. The molecule has 1 aromatic heterocycles. The molecule has 4 heteroatoms. The summed E-state index contributed by atoms with van der Waals surface area (Å²) in [7, 11) is 1.99. The van der Waals surface area contributed by atoms with E-state index in [4.69, 9.17) is 0 Å². The van der Waals surface area contributed by atoms with Gasteiger partial charge in [-0.25, -0.2) is 4.98 Å². The molecule has 0 bridgehead atoms. The minimum atomic E-state index is 0.668. The summed E-state index contributed by atoms with van der Waals surface area (Å²) >= 11 is 1.73. The normalized spacial score (nSPS) is 13.1. The van der Waals surface area contributed by atoms with Gasteiger partial charge in [-0.1, -0.05) is 6.92 Å². The lowest BCUT2D eigenvalue weighted by Gasteiger charge is -2.10. The first-order valence-corrected chi connectivity index (χ1v) is 5.86. The topological polar surface area (TPSA) is 37.0 Å². The lowest BCUT2D eigenvalue weighted by Crippen LogP contribution is -2.27. The number of aryl methyl sites for hydroxylation is 1. The van der Waals surface area contributed by atoms with Crippen molar-refractivity contribution in [2.24, 2.45) is 5.92 Å². The summed E-state index contributed by atoms with van der Waals surface area (Å²) in [5, 5.41) is 9.85. The van der Waals surface area contributed by atoms with Crippen molar-refractivity contribution in [2.45, 2.75) is 20.4 Å². The van der Waals surface area contributed by atoms with Crippen molar-refractivity contribution in [2.75, 3.05) is 20.1 Å². The lowest BCUT2D eigenvalue weighted by molar-refractivity contribution is 0.491. The molecule has 0 radical (unpaired) electrons. The van der Waals surface area contributed by atoms with Crippen LogP contribution in [0.4, 0.5) is 0 Å². The Hall–Kier alpha value is -0.450. The van der Waals surface area contributed by atoms with Crippen LogP contribution in [-0.2, 0) is 6.54 Å². The summed E-state index contributed by atoms with van der Waals surface area (Å²) in [5.74, 6) is 0.668. The van der Waals surface area contributed by atoms with Crippen LogP contribution in [0.1, 0.15) is 17.6 Å². The van der Waals surface area contributed by atoms with Crippen LogP contribution in [0.25, 0.3) is 0 Å². The minimum Gasteiger partial charge on any atom is -0.319 e. The highest BCUT2D eigenvalue weighted by Gasteiger charge is 2.01. The van der Waals surface area contributed by atoms with E-state index in [-0.39, 0.29) is 0 Å². The molecule has 0 spiro atoms. The van der Waals surface area contributed by atoms with Crippen LogP contribution in [0.3, 0.4) is 0 Å². The standard InChI is InChI=1S/C10H19N3S/c1-8(4-11-3)5-12-6-10-13-9(2)7-14-10/h7-8,11-12H,4-6H2,1-3H3. The van der Waals surface area contributed by atoms with E-state index in [1.165, 1.54) is 5.01 Å². The first-order valence-electron chi connectivity index (χ1n) is 4.98. The highest BCUT2D eigenvalue weighted by molar-refractivity contribution is 7.09. The van der Waals surface area contributed by atoms with Gasteiger partial charge in [0, 0.05) is 17.6 Å². The fourth-order valence-electron chi connectivity index (χ4n) is 1.33. The molecule has 0 aliphatic carbocycles. The quantitative estimate of drug-likeness (QED) is 0.750. The summed E-state index contributed by atoms with van der Waals surface area (Å²) in [6.45, 7) is 7.26. The maximum atomic E-state index is 4.39.